The number of ether oxygens (including phenoxy) is 1. The molecule has 0 aliphatic carbocycles. The number of benzene rings is 2. The molecule has 1 heterocycles. The Bertz CT molecular complexity index is 815. The van der Waals surface area contributed by atoms with Crippen molar-refractivity contribution in [1.82, 2.24) is 15.5 Å². The number of nitrogens with one attached hydrogen (secondary N) is 1. The van der Waals surface area contributed by atoms with Gasteiger partial charge < -0.3 is 14.6 Å². The van der Waals surface area contributed by atoms with E-state index in [-0.39, 0.29) is 5.91 Å². The van der Waals surface area contributed by atoms with Crippen molar-refractivity contribution in [2.45, 2.75) is 6.42 Å². The fraction of sp³-hybridized carbons (Fsp3) is 0.167. The molecule has 0 saturated heterocycles. The van der Waals surface area contributed by atoms with E-state index in [0.29, 0.717) is 36.0 Å². The lowest BCUT2D eigenvalue weighted by Crippen LogP contribution is -2.26. The second kappa shape index (κ2) is 7.41. The van der Waals surface area contributed by atoms with Crippen molar-refractivity contribution >= 4 is 5.91 Å². The van der Waals surface area contributed by atoms with Crippen LogP contribution in [-0.2, 0) is 6.42 Å². The van der Waals surface area contributed by atoms with E-state index in [1.807, 2.05) is 36.4 Å². The predicted octanol–water partition coefficient (Wildman–Crippen LogP) is 2.72. The van der Waals surface area contributed by atoms with Gasteiger partial charge >= 0.3 is 0 Å². The number of hydrogen-bond donors (Lipinski definition) is 1. The van der Waals surface area contributed by atoms with Gasteiger partial charge in [-0.1, -0.05) is 47.6 Å². The van der Waals surface area contributed by atoms with Crippen molar-refractivity contribution in [2.75, 3.05) is 13.7 Å². The van der Waals surface area contributed by atoms with Gasteiger partial charge in [0.1, 0.15) is 5.75 Å². The number of amides is 1. The Morgan fingerprint density at radius 1 is 1.12 bits per heavy atom. The lowest BCUT2D eigenvalue weighted by molar-refractivity contribution is 0.0950. The standard InChI is InChI=1S/C18H17N3O3/c1-23-15-10-6-5-9-14(15)18(22)19-12-11-16-20-17(21-24-16)13-7-3-2-4-8-13/h2-10H,11-12H2,1H3,(H,19,22). The highest BCUT2D eigenvalue weighted by molar-refractivity contribution is 5.96. The lowest BCUT2D eigenvalue weighted by atomic mass is 10.2. The molecule has 0 radical (unpaired) electrons. The van der Waals surface area contributed by atoms with E-state index >= 15 is 0 Å². The van der Waals surface area contributed by atoms with Crippen molar-refractivity contribution in [3.05, 3.63) is 66.1 Å². The summed E-state index contributed by atoms with van der Waals surface area (Å²) in [5.74, 6) is 1.37. The van der Waals surface area contributed by atoms with Gasteiger partial charge in [-0.15, -0.1) is 0 Å². The van der Waals surface area contributed by atoms with Crippen molar-refractivity contribution in [2.24, 2.45) is 0 Å². The third-order valence-electron chi connectivity index (χ3n) is 3.48. The molecular weight excluding hydrogens is 306 g/mol. The summed E-state index contributed by atoms with van der Waals surface area (Å²) >= 11 is 0. The highest BCUT2D eigenvalue weighted by Gasteiger charge is 2.12. The molecule has 0 unspecified atom stereocenters. The molecule has 1 aromatic heterocycles. The zero-order valence-electron chi connectivity index (χ0n) is 13.2. The van der Waals surface area contributed by atoms with E-state index in [1.54, 1.807) is 18.2 Å². The smallest absolute Gasteiger partial charge is 0.255 e. The summed E-state index contributed by atoms with van der Waals surface area (Å²) in [5, 5.41) is 6.78. The molecule has 0 saturated carbocycles. The van der Waals surface area contributed by atoms with Gasteiger partial charge in [-0.25, -0.2) is 0 Å². The summed E-state index contributed by atoms with van der Waals surface area (Å²) in [6, 6.07) is 16.7. The minimum absolute atomic E-state index is 0.199. The normalized spacial score (nSPS) is 10.4. The largest absolute Gasteiger partial charge is 0.496 e. The molecule has 24 heavy (non-hydrogen) atoms. The van der Waals surface area contributed by atoms with E-state index in [1.165, 1.54) is 7.11 Å². The Kier molecular flexibility index (Phi) is 4.86. The van der Waals surface area contributed by atoms with Crippen LogP contribution in [0.1, 0.15) is 16.2 Å². The molecule has 122 valence electrons. The third-order valence-corrected chi connectivity index (χ3v) is 3.48. The first kappa shape index (κ1) is 15.7. The van der Waals surface area contributed by atoms with Gasteiger partial charge in [0.05, 0.1) is 12.7 Å². The maximum atomic E-state index is 12.2. The van der Waals surface area contributed by atoms with Gasteiger partial charge in [-0.05, 0) is 12.1 Å². The van der Waals surface area contributed by atoms with Crippen LogP contribution in [0, 0.1) is 0 Å². The SMILES string of the molecule is COc1ccccc1C(=O)NCCc1nc(-c2ccccc2)no1. The summed E-state index contributed by atoms with van der Waals surface area (Å²) in [4.78, 5) is 16.5. The van der Waals surface area contributed by atoms with Crippen LogP contribution in [0.4, 0.5) is 0 Å². The molecule has 0 spiro atoms. The zero-order chi connectivity index (χ0) is 16.8. The molecular formula is C18H17N3O3. The summed E-state index contributed by atoms with van der Waals surface area (Å²) < 4.78 is 10.4. The van der Waals surface area contributed by atoms with E-state index < -0.39 is 0 Å². The summed E-state index contributed by atoms with van der Waals surface area (Å²) in [5.41, 5.74) is 1.39. The van der Waals surface area contributed by atoms with Gasteiger partial charge in [-0.2, -0.15) is 4.98 Å². The van der Waals surface area contributed by atoms with E-state index in [9.17, 15) is 4.79 Å². The van der Waals surface area contributed by atoms with Gasteiger partial charge in [-0.3, -0.25) is 4.79 Å². The van der Waals surface area contributed by atoms with E-state index in [0.717, 1.165) is 5.56 Å². The van der Waals surface area contributed by atoms with Gasteiger partial charge in [0, 0.05) is 18.5 Å². The van der Waals surface area contributed by atoms with Crippen LogP contribution in [0.5, 0.6) is 5.75 Å². The van der Waals surface area contributed by atoms with Crippen LogP contribution in [0.15, 0.2) is 59.1 Å². The number of nitrogens with zero attached hydrogens (tertiary/aromatic N) is 2. The van der Waals surface area contributed by atoms with Crippen molar-refractivity contribution < 1.29 is 14.1 Å². The molecule has 3 rings (SSSR count). The molecule has 1 N–H and O–H groups in total. The number of carbonyl (C=O) groups excluding carboxylic acids is 1. The summed E-state index contributed by atoms with van der Waals surface area (Å²) in [7, 11) is 1.54. The van der Waals surface area contributed by atoms with Gasteiger partial charge in [0.15, 0.2) is 0 Å². The second-order valence-corrected chi connectivity index (χ2v) is 5.08. The quantitative estimate of drug-likeness (QED) is 0.755. The molecule has 0 fully saturated rings. The van der Waals surface area contributed by atoms with Crippen LogP contribution in [-0.4, -0.2) is 29.7 Å². The summed E-state index contributed by atoms with van der Waals surface area (Å²) in [6.45, 7) is 0.396. The first-order valence-corrected chi connectivity index (χ1v) is 7.57. The van der Waals surface area contributed by atoms with Crippen molar-refractivity contribution in [3.8, 4) is 17.1 Å². The molecule has 0 aliphatic heterocycles. The Hall–Kier alpha value is -3.15. The Morgan fingerprint density at radius 3 is 2.67 bits per heavy atom. The average Bonchev–Trinajstić information content (AvgIpc) is 3.11. The highest BCUT2D eigenvalue weighted by Crippen LogP contribution is 2.17. The number of aromatic nitrogens is 2. The second-order valence-electron chi connectivity index (χ2n) is 5.08. The minimum Gasteiger partial charge on any atom is -0.496 e. The maximum Gasteiger partial charge on any atom is 0.255 e. The minimum atomic E-state index is -0.199. The predicted molar refractivity (Wildman–Crippen MR) is 88.8 cm³/mol. The Labute approximate surface area is 139 Å². The first-order chi connectivity index (χ1) is 11.8. The van der Waals surface area contributed by atoms with E-state index in [4.69, 9.17) is 9.26 Å². The summed E-state index contributed by atoms with van der Waals surface area (Å²) in [6.07, 6.45) is 0.459. The molecule has 6 heteroatoms. The van der Waals surface area contributed by atoms with Crippen LogP contribution in [0.2, 0.25) is 0 Å². The molecule has 2 aromatic carbocycles. The van der Waals surface area contributed by atoms with Crippen LogP contribution < -0.4 is 10.1 Å². The molecule has 0 atom stereocenters. The number of hydrogen-bond acceptors (Lipinski definition) is 5. The fourth-order valence-corrected chi connectivity index (χ4v) is 2.27. The van der Waals surface area contributed by atoms with Crippen LogP contribution in [0.3, 0.4) is 0 Å². The molecule has 6 nitrogen and oxygen atoms in total. The van der Waals surface area contributed by atoms with Crippen molar-refractivity contribution in [1.29, 1.82) is 0 Å². The highest BCUT2D eigenvalue weighted by atomic mass is 16.5. The third kappa shape index (κ3) is 3.60. The van der Waals surface area contributed by atoms with Gasteiger partial charge in [0.2, 0.25) is 11.7 Å². The topological polar surface area (TPSA) is 77.2 Å². The first-order valence-electron chi connectivity index (χ1n) is 7.57. The van der Waals surface area contributed by atoms with Crippen molar-refractivity contribution in [3.63, 3.8) is 0 Å². The number of rotatable bonds is 6. The zero-order valence-corrected chi connectivity index (χ0v) is 13.2. The van der Waals surface area contributed by atoms with Gasteiger partial charge in [0.25, 0.3) is 5.91 Å². The van der Waals surface area contributed by atoms with E-state index in [2.05, 4.69) is 15.5 Å². The lowest BCUT2D eigenvalue weighted by Gasteiger charge is -2.08. The average molecular weight is 323 g/mol. The van der Waals surface area contributed by atoms with Crippen LogP contribution in [0.25, 0.3) is 11.4 Å². The number of para-hydroxylation sites is 1. The molecule has 0 aliphatic rings. The number of methoxy groups -OCH3 is 1. The number of carbonyl (C=O) groups is 1. The Morgan fingerprint density at radius 2 is 1.88 bits per heavy atom. The monoisotopic (exact) mass is 323 g/mol. The molecule has 1 amide bonds. The van der Waals surface area contributed by atoms with Crippen LogP contribution >= 0.6 is 0 Å². The molecule has 3 aromatic rings. The maximum absolute atomic E-state index is 12.2. The molecule has 0 bridgehead atoms. The Balaban J connectivity index is 1.57. The fourth-order valence-electron chi connectivity index (χ4n) is 2.27.